The molecule has 1 aromatic heterocycles. The summed E-state index contributed by atoms with van der Waals surface area (Å²) in [6.07, 6.45) is 1.22. The van der Waals surface area contributed by atoms with Gasteiger partial charge in [0.05, 0.1) is 6.20 Å². The molecule has 0 amide bonds. The molecule has 0 radical (unpaired) electrons. The number of benzene rings is 1. The smallest absolute Gasteiger partial charge is 0.169 e. The van der Waals surface area contributed by atoms with Crippen LogP contribution in [0.15, 0.2) is 30.5 Å². The van der Waals surface area contributed by atoms with E-state index in [2.05, 4.69) is 5.10 Å². The van der Waals surface area contributed by atoms with Gasteiger partial charge in [-0.1, -0.05) is 24.3 Å². The number of nitrogens with two attached hydrogens (primary N) is 1. The molecule has 0 spiro atoms. The maximum Gasteiger partial charge on any atom is 0.169 e. The zero-order valence-corrected chi connectivity index (χ0v) is 10.5. The summed E-state index contributed by atoms with van der Waals surface area (Å²) < 4.78 is 15.0. The van der Waals surface area contributed by atoms with Crippen LogP contribution >= 0.6 is 12.4 Å². The minimum absolute atomic E-state index is 0. The van der Waals surface area contributed by atoms with E-state index in [0.717, 1.165) is 11.1 Å². The van der Waals surface area contributed by atoms with Gasteiger partial charge in [0.25, 0.3) is 0 Å². The summed E-state index contributed by atoms with van der Waals surface area (Å²) in [6, 6.07) is 7.53. The van der Waals surface area contributed by atoms with Crippen molar-refractivity contribution in [3.8, 4) is 11.3 Å². The first kappa shape index (κ1) is 13.7. The number of aryl methyl sites for hydroxylation is 1. The van der Waals surface area contributed by atoms with Gasteiger partial charge in [0.15, 0.2) is 5.82 Å². The fourth-order valence-electron chi connectivity index (χ4n) is 1.68. The molecule has 5 heteroatoms. The lowest BCUT2D eigenvalue weighted by Gasteiger charge is -2.07. The van der Waals surface area contributed by atoms with E-state index in [1.807, 2.05) is 31.2 Å². The third-order valence-corrected chi connectivity index (χ3v) is 2.60. The monoisotopic (exact) mass is 255 g/mol. The number of nitrogens with zero attached hydrogens (tertiary/aromatic N) is 2. The Morgan fingerprint density at radius 1 is 1.29 bits per heavy atom. The molecule has 92 valence electrons. The summed E-state index contributed by atoms with van der Waals surface area (Å²) in [5, 5.41) is 3.87. The van der Waals surface area contributed by atoms with Gasteiger partial charge in [-0.3, -0.25) is 4.68 Å². The van der Waals surface area contributed by atoms with Crippen LogP contribution in [-0.2, 0) is 7.05 Å². The van der Waals surface area contributed by atoms with Crippen LogP contribution in [-0.4, -0.2) is 9.78 Å². The highest BCUT2D eigenvalue weighted by atomic mass is 35.5. The van der Waals surface area contributed by atoms with Crippen molar-refractivity contribution in [3.05, 3.63) is 41.8 Å². The van der Waals surface area contributed by atoms with E-state index >= 15 is 0 Å². The van der Waals surface area contributed by atoms with Crippen LogP contribution in [0.25, 0.3) is 11.3 Å². The Morgan fingerprint density at radius 2 is 1.88 bits per heavy atom. The average Bonchev–Trinajstić information content (AvgIpc) is 2.59. The first-order valence-electron chi connectivity index (χ1n) is 5.13. The molecule has 1 aromatic carbocycles. The fourth-order valence-corrected chi connectivity index (χ4v) is 1.68. The molecular weight excluding hydrogens is 241 g/mol. The predicted octanol–water partition coefficient (Wildman–Crippen LogP) is 2.67. The zero-order valence-electron chi connectivity index (χ0n) is 9.72. The Hall–Kier alpha value is -1.39. The van der Waals surface area contributed by atoms with Gasteiger partial charge in [-0.25, -0.2) is 4.39 Å². The van der Waals surface area contributed by atoms with Crippen LogP contribution in [0.3, 0.4) is 0 Å². The summed E-state index contributed by atoms with van der Waals surface area (Å²) in [6.45, 7) is 1.92. The lowest BCUT2D eigenvalue weighted by atomic mass is 10.1. The molecule has 0 saturated heterocycles. The van der Waals surface area contributed by atoms with Crippen molar-refractivity contribution in [2.24, 2.45) is 12.8 Å². The molecule has 0 aliphatic heterocycles. The Balaban J connectivity index is 0.00000144. The van der Waals surface area contributed by atoms with Gasteiger partial charge < -0.3 is 5.73 Å². The average molecular weight is 256 g/mol. The van der Waals surface area contributed by atoms with Crippen LogP contribution in [0.2, 0.25) is 0 Å². The van der Waals surface area contributed by atoms with E-state index in [1.165, 1.54) is 10.9 Å². The molecule has 3 nitrogen and oxygen atoms in total. The van der Waals surface area contributed by atoms with Crippen molar-refractivity contribution in [1.29, 1.82) is 0 Å². The van der Waals surface area contributed by atoms with Crippen molar-refractivity contribution in [3.63, 3.8) is 0 Å². The highest BCUT2D eigenvalue weighted by Gasteiger charge is 2.10. The summed E-state index contributed by atoms with van der Waals surface area (Å²) in [5.41, 5.74) is 8.09. The molecule has 2 aromatic rings. The second-order valence-electron chi connectivity index (χ2n) is 3.88. The summed E-state index contributed by atoms with van der Waals surface area (Å²) in [4.78, 5) is 0. The number of hydrogen-bond donors (Lipinski definition) is 1. The van der Waals surface area contributed by atoms with Gasteiger partial charge in [-0.2, -0.15) is 5.10 Å². The molecule has 0 saturated carbocycles. The molecule has 0 fully saturated rings. The van der Waals surface area contributed by atoms with E-state index < -0.39 is 0 Å². The topological polar surface area (TPSA) is 43.8 Å². The van der Waals surface area contributed by atoms with Gasteiger partial charge in [0.1, 0.15) is 5.69 Å². The molecule has 0 aliphatic carbocycles. The number of hydrogen-bond acceptors (Lipinski definition) is 2. The van der Waals surface area contributed by atoms with E-state index in [0.29, 0.717) is 5.69 Å². The van der Waals surface area contributed by atoms with Crippen LogP contribution < -0.4 is 5.73 Å². The maximum absolute atomic E-state index is 13.4. The Bertz CT molecular complexity index is 471. The van der Waals surface area contributed by atoms with E-state index in [9.17, 15) is 4.39 Å². The minimum Gasteiger partial charge on any atom is -0.324 e. The van der Waals surface area contributed by atoms with Crippen molar-refractivity contribution >= 4 is 12.4 Å². The van der Waals surface area contributed by atoms with E-state index in [4.69, 9.17) is 5.73 Å². The van der Waals surface area contributed by atoms with Gasteiger partial charge in [-0.15, -0.1) is 12.4 Å². The summed E-state index contributed by atoms with van der Waals surface area (Å²) in [7, 11) is 1.72. The molecule has 0 unspecified atom stereocenters. The first-order chi connectivity index (χ1) is 7.59. The second kappa shape index (κ2) is 5.29. The molecule has 0 aliphatic rings. The molecular formula is C12H15ClFN3. The van der Waals surface area contributed by atoms with Crippen LogP contribution in [0, 0.1) is 5.82 Å². The Labute approximate surface area is 106 Å². The Kier molecular flexibility index (Phi) is 4.26. The summed E-state index contributed by atoms with van der Waals surface area (Å²) in [5.74, 6) is -0.309. The number of halogens is 2. The van der Waals surface area contributed by atoms with Crippen LogP contribution in [0.5, 0.6) is 0 Å². The lowest BCUT2D eigenvalue weighted by Crippen LogP contribution is -2.04. The molecule has 17 heavy (non-hydrogen) atoms. The van der Waals surface area contributed by atoms with E-state index in [1.54, 1.807) is 7.05 Å². The van der Waals surface area contributed by atoms with E-state index in [-0.39, 0.29) is 24.3 Å². The molecule has 1 heterocycles. The highest BCUT2D eigenvalue weighted by Crippen LogP contribution is 2.23. The van der Waals surface area contributed by atoms with Gasteiger partial charge in [-0.05, 0) is 12.5 Å². The van der Waals surface area contributed by atoms with Gasteiger partial charge in [0, 0.05) is 18.7 Å². The standard InChI is InChI=1S/C12H14FN3.ClH/c1-8(14)9-3-5-10(6-4-9)12-11(13)7-15-16(12)2;/h3-8H,14H2,1-2H3;1H/t8-;/m0./s1. The first-order valence-corrected chi connectivity index (χ1v) is 5.13. The van der Waals surface area contributed by atoms with Crippen LogP contribution in [0.4, 0.5) is 4.39 Å². The Morgan fingerprint density at radius 3 is 2.29 bits per heavy atom. The maximum atomic E-state index is 13.4. The fraction of sp³-hybridized carbons (Fsp3) is 0.250. The number of aromatic nitrogens is 2. The SMILES string of the molecule is C[C@H](N)c1ccc(-c2c(F)cnn2C)cc1.Cl. The predicted molar refractivity (Wildman–Crippen MR) is 68.5 cm³/mol. The van der Waals surface area contributed by atoms with Crippen molar-refractivity contribution in [2.75, 3.05) is 0 Å². The third kappa shape index (κ3) is 2.65. The molecule has 0 bridgehead atoms. The number of rotatable bonds is 2. The normalized spacial score (nSPS) is 12.0. The molecule has 2 N–H and O–H groups in total. The van der Waals surface area contributed by atoms with Crippen molar-refractivity contribution in [1.82, 2.24) is 9.78 Å². The largest absolute Gasteiger partial charge is 0.324 e. The quantitative estimate of drug-likeness (QED) is 0.897. The highest BCUT2D eigenvalue weighted by molar-refractivity contribution is 5.85. The lowest BCUT2D eigenvalue weighted by molar-refractivity contribution is 0.629. The third-order valence-electron chi connectivity index (χ3n) is 2.60. The van der Waals surface area contributed by atoms with Crippen molar-refractivity contribution < 1.29 is 4.39 Å². The molecule has 2 rings (SSSR count). The zero-order chi connectivity index (χ0) is 11.7. The van der Waals surface area contributed by atoms with Crippen LogP contribution in [0.1, 0.15) is 18.5 Å². The summed E-state index contributed by atoms with van der Waals surface area (Å²) >= 11 is 0. The van der Waals surface area contributed by atoms with Gasteiger partial charge in [0.2, 0.25) is 0 Å². The van der Waals surface area contributed by atoms with Crippen molar-refractivity contribution in [2.45, 2.75) is 13.0 Å². The molecule has 1 atom stereocenters. The second-order valence-corrected chi connectivity index (χ2v) is 3.88. The van der Waals surface area contributed by atoms with Gasteiger partial charge >= 0.3 is 0 Å². The minimum atomic E-state index is -0.309.